The molecule has 0 saturated carbocycles. The summed E-state index contributed by atoms with van der Waals surface area (Å²) in [7, 11) is 0. The lowest BCUT2D eigenvalue weighted by molar-refractivity contribution is -0.145. The number of imide groups is 1. The van der Waals surface area contributed by atoms with Crippen molar-refractivity contribution in [3.63, 3.8) is 0 Å². The average Bonchev–Trinajstić information content (AvgIpc) is 3.17. The van der Waals surface area contributed by atoms with Crippen molar-refractivity contribution < 1.29 is 23.9 Å². The van der Waals surface area contributed by atoms with E-state index in [0.29, 0.717) is 17.9 Å². The molecule has 2 bridgehead atoms. The molecule has 2 atom stereocenters. The van der Waals surface area contributed by atoms with E-state index in [1.54, 1.807) is 31.2 Å². The van der Waals surface area contributed by atoms with Gasteiger partial charge in [0.2, 0.25) is 0 Å². The molecule has 0 N–H and O–H groups in total. The van der Waals surface area contributed by atoms with E-state index in [4.69, 9.17) is 9.47 Å². The van der Waals surface area contributed by atoms with Gasteiger partial charge in [0.25, 0.3) is 11.8 Å². The van der Waals surface area contributed by atoms with Crippen LogP contribution < -0.4 is 4.74 Å². The molecule has 7 rings (SSSR count). The average molecular weight is 481 g/mol. The minimum absolute atomic E-state index is 0.153. The molecule has 3 aliphatic carbocycles. The first-order chi connectivity index (χ1) is 17.6. The first-order valence-electron chi connectivity index (χ1n) is 12.1. The Kier molecular flexibility index (Phi) is 5.40. The summed E-state index contributed by atoms with van der Waals surface area (Å²) in [4.78, 5) is 38.6. The van der Waals surface area contributed by atoms with E-state index >= 15 is 0 Å². The molecule has 1 aliphatic heterocycles. The monoisotopic (exact) mass is 480 g/mol. The number of nitrogens with zero attached hydrogens (tertiary/aromatic N) is 2. The molecule has 180 valence electrons. The molecule has 3 aromatic rings. The molecular weight excluding hydrogens is 456 g/mol. The topological polar surface area (TPSA) is 85.3 Å². The van der Waals surface area contributed by atoms with Crippen molar-refractivity contribution in [2.75, 3.05) is 13.2 Å². The number of hydrazone groups is 1. The van der Waals surface area contributed by atoms with E-state index in [2.05, 4.69) is 29.4 Å². The fourth-order valence-electron chi connectivity index (χ4n) is 5.89. The molecule has 0 radical (unpaired) electrons. The second-order valence-electron chi connectivity index (χ2n) is 9.16. The smallest absolute Gasteiger partial charge is 0.344 e. The van der Waals surface area contributed by atoms with Crippen molar-refractivity contribution >= 4 is 24.0 Å². The maximum atomic E-state index is 13.6. The van der Waals surface area contributed by atoms with Crippen LogP contribution in [0.5, 0.6) is 5.75 Å². The third kappa shape index (κ3) is 3.42. The Bertz CT molecular complexity index is 1280. The Morgan fingerprint density at radius 1 is 0.833 bits per heavy atom. The van der Waals surface area contributed by atoms with Crippen LogP contribution in [0.3, 0.4) is 0 Å². The minimum atomic E-state index is -0.455. The maximum Gasteiger partial charge on any atom is 0.344 e. The van der Waals surface area contributed by atoms with E-state index in [1.807, 2.05) is 24.3 Å². The fourth-order valence-corrected chi connectivity index (χ4v) is 5.89. The predicted molar refractivity (Wildman–Crippen MR) is 132 cm³/mol. The summed E-state index contributed by atoms with van der Waals surface area (Å²) in [5, 5.41) is 5.38. The summed E-state index contributed by atoms with van der Waals surface area (Å²) in [5.74, 6) is -1.66. The summed E-state index contributed by atoms with van der Waals surface area (Å²) in [6.45, 7) is 1.86. The number of carbonyl (C=O) groups excluding carboxylic acids is 3. The second kappa shape index (κ2) is 8.75. The molecule has 7 heteroatoms. The molecule has 0 aromatic heterocycles. The lowest BCUT2D eigenvalue weighted by Gasteiger charge is -2.45. The van der Waals surface area contributed by atoms with Crippen molar-refractivity contribution in [2.45, 2.75) is 18.8 Å². The lowest BCUT2D eigenvalue weighted by Crippen LogP contribution is -2.41. The van der Waals surface area contributed by atoms with Gasteiger partial charge in [0.15, 0.2) is 6.61 Å². The highest BCUT2D eigenvalue weighted by Crippen LogP contribution is 2.60. The summed E-state index contributed by atoms with van der Waals surface area (Å²) in [6.07, 6.45) is 1.50. The number of rotatable bonds is 6. The Morgan fingerprint density at radius 2 is 1.33 bits per heavy atom. The molecule has 4 aliphatic rings. The van der Waals surface area contributed by atoms with Crippen LogP contribution in [-0.2, 0) is 19.1 Å². The third-order valence-electron chi connectivity index (χ3n) is 7.29. The van der Waals surface area contributed by atoms with Gasteiger partial charge in [-0.1, -0.05) is 48.5 Å². The highest BCUT2D eigenvalue weighted by atomic mass is 16.6. The number of hydrogen-bond donors (Lipinski definition) is 0. The van der Waals surface area contributed by atoms with Crippen LogP contribution in [0.2, 0.25) is 0 Å². The lowest BCUT2D eigenvalue weighted by atomic mass is 9.55. The number of benzene rings is 3. The van der Waals surface area contributed by atoms with Crippen LogP contribution in [-0.4, -0.2) is 42.2 Å². The molecule has 1 saturated heterocycles. The maximum absolute atomic E-state index is 13.6. The molecule has 2 amide bonds. The van der Waals surface area contributed by atoms with Crippen LogP contribution in [0.4, 0.5) is 0 Å². The SMILES string of the molecule is CCOC(=O)COc1ccc(/C=N/N2C(=O)C3C4c5ccccc5C(c5ccccc54)C3C2=O)cc1. The van der Waals surface area contributed by atoms with E-state index in [9.17, 15) is 14.4 Å². The zero-order chi connectivity index (χ0) is 24.8. The quantitative estimate of drug-likeness (QED) is 0.304. The van der Waals surface area contributed by atoms with Gasteiger partial charge in [-0.25, -0.2) is 4.79 Å². The van der Waals surface area contributed by atoms with Crippen LogP contribution in [0, 0.1) is 11.8 Å². The van der Waals surface area contributed by atoms with Crippen molar-refractivity contribution in [3.05, 3.63) is 101 Å². The third-order valence-corrected chi connectivity index (χ3v) is 7.29. The van der Waals surface area contributed by atoms with Gasteiger partial charge < -0.3 is 9.47 Å². The molecule has 0 spiro atoms. The molecule has 1 fully saturated rings. The van der Waals surface area contributed by atoms with Crippen LogP contribution in [0.15, 0.2) is 77.9 Å². The Balaban J connectivity index is 1.25. The Morgan fingerprint density at radius 3 is 1.81 bits per heavy atom. The number of ether oxygens (including phenoxy) is 2. The summed E-state index contributed by atoms with van der Waals surface area (Å²) >= 11 is 0. The van der Waals surface area contributed by atoms with E-state index in [0.717, 1.165) is 27.3 Å². The number of esters is 1. The number of carbonyl (C=O) groups is 3. The summed E-state index contributed by atoms with van der Waals surface area (Å²) < 4.78 is 10.3. The summed E-state index contributed by atoms with van der Waals surface area (Å²) in [6, 6.07) is 23.2. The van der Waals surface area contributed by atoms with Crippen LogP contribution in [0.1, 0.15) is 46.6 Å². The van der Waals surface area contributed by atoms with Gasteiger partial charge >= 0.3 is 5.97 Å². The molecule has 2 unspecified atom stereocenters. The summed E-state index contributed by atoms with van der Waals surface area (Å²) in [5.41, 5.74) is 5.23. The first-order valence-corrected chi connectivity index (χ1v) is 12.1. The van der Waals surface area contributed by atoms with Gasteiger partial charge in [-0.2, -0.15) is 10.1 Å². The van der Waals surface area contributed by atoms with Gasteiger partial charge in [0, 0.05) is 11.8 Å². The van der Waals surface area contributed by atoms with Gasteiger partial charge in [-0.15, -0.1) is 0 Å². The van der Waals surface area contributed by atoms with Gasteiger partial charge in [-0.05, 0) is 59.0 Å². The number of hydrogen-bond acceptors (Lipinski definition) is 6. The predicted octanol–water partition coefficient (Wildman–Crippen LogP) is 3.85. The van der Waals surface area contributed by atoms with E-state index < -0.39 is 17.8 Å². The van der Waals surface area contributed by atoms with Crippen molar-refractivity contribution in [1.82, 2.24) is 5.01 Å². The molecule has 7 nitrogen and oxygen atoms in total. The fraction of sp³-hybridized carbons (Fsp3) is 0.241. The normalized spacial score (nSPS) is 23.4. The van der Waals surface area contributed by atoms with Crippen molar-refractivity contribution in [2.24, 2.45) is 16.9 Å². The zero-order valence-corrected chi connectivity index (χ0v) is 19.7. The molecular formula is C29H24N2O5. The van der Waals surface area contributed by atoms with Crippen LogP contribution >= 0.6 is 0 Å². The van der Waals surface area contributed by atoms with Gasteiger partial charge in [0.1, 0.15) is 5.75 Å². The Hall–Kier alpha value is -4.26. The van der Waals surface area contributed by atoms with E-state index in [-0.39, 0.29) is 30.3 Å². The van der Waals surface area contributed by atoms with Crippen molar-refractivity contribution in [3.8, 4) is 5.75 Å². The zero-order valence-electron chi connectivity index (χ0n) is 19.7. The van der Waals surface area contributed by atoms with Crippen molar-refractivity contribution in [1.29, 1.82) is 0 Å². The minimum Gasteiger partial charge on any atom is -0.482 e. The largest absolute Gasteiger partial charge is 0.482 e. The first kappa shape index (κ1) is 22.2. The van der Waals surface area contributed by atoms with Gasteiger partial charge in [-0.3, -0.25) is 9.59 Å². The van der Waals surface area contributed by atoms with E-state index in [1.165, 1.54) is 6.21 Å². The highest BCUT2D eigenvalue weighted by molar-refractivity contribution is 6.08. The van der Waals surface area contributed by atoms with Gasteiger partial charge in [0.05, 0.1) is 24.7 Å². The molecule has 1 heterocycles. The van der Waals surface area contributed by atoms with Crippen LogP contribution in [0.25, 0.3) is 0 Å². The number of amides is 2. The standard InChI is InChI=1S/C29H24N2O5/c1-2-35-23(32)16-36-18-13-11-17(12-14-18)15-30-31-28(33)26-24-19-7-3-4-8-20(19)25(27(26)29(31)34)22-10-6-5-9-21(22)24/h3-15,24-27H,2,16H2,1H3/b30-15+. The molecule has 3 aromatic carbocycles. The molecule has 36 heavy (non-hydrogen) atoms. The highest BCUT2D eigenvalue weighted by Gasteiger charge is 2.61. The Labute approximate surface area is 208 Å². The second-order valence-corrected chi connectivity index (χ2v) is 9.16.